The van der Waals surface area contributed by atoms with Gasteiger partial charge in [-0.05, 0) is 35.9 Å². The number of halogens is 1. The van der Waals surface area contributed by atoms with Crippen molar-refractivity contribution in [1.82, 2.24) is 4.98 Å². The molecule has 26 heavy (non-hydrogen) atoms. The predicted octanol–water partition coefficient (Wildman–Crippen LogP) is 4.51. The van der Waals surface area contributed by atoms with Crippen molar-refractivity contribution in [2.45, 2.75) is 0 Å². The summed E-state index contributed by atoms with van der Waals surface area (Å²) in [5.41, 5.74) is 1.76. The van der Waals surface area contributed by atoms with Gasteiger partial charge in [-0.3, -0.25) is 4.79 Å². The maximum Gasteiger partial charge on any atom is 0.205 e. The summed E-state index contributed by atoms with van der Waals surface area (Å²) in [5, 5.41) is 19.3. The molecule has 6 heteroatoms. The Hall–Kier alpha value is -3.54. The summed E-state index contributed by atoms with van der Waals surface area (Å²) >= 11 is 5.96. The van der Waals surface area contributed by atoms with Crippen molar-refractivity contribution in [1.29, 1.82) is 10.5 Å². The number of nitrogens with one attached hydrogen (secondary N) is 1. The molecule has 5 nitrogen and oxygen atoms in total. The smallest absolute Gasteiger partial charge is 0.205 e. The molecule has 1 heterocycles. The number of carbonyl (C=O) groups excluding carboxylic acids is 1. The molecule has 0 saturated heterocycles. The number of Topliss-reactive ketones (excluding diaryl/α,β-unsaturated/α-hetero) is 1. The number of benzene rings is 2. The minimum atomic E-state index is -0.385. The predicted molar refractivity (Wildman–Crippen MR) is 98.8 cm³/mol. The monoisotopic (exact) mass is 361 g/mol. The van der Waals surface area contributed by atoms with Crippen LogP contribution in [0.1, 0.15) is 15.9 Å². The van der Waals surface area contributed by atoms with Crippen molar-refractivity contribution < 1.29 is 9.53 Å². The molecule has 126 valence electrons. The van der Waals surface area contributed by atoms with Crippen LogP contribution in [-0.4, -0.2) is 17.4 Å². The zero-order chi connectivity index (χ0) is 18.5. The van der Waals surface area contributed by atoms with Gasteiger partial charge in [0, 0.05) is 27.7 Å². The largest absolute Gasteiger partial charge is 0.479 e. The third kappa shape index (κ3) is 3.59. The Kier molecular flexibility index (Phi) is 5.03. The second kappa shape index (κ2) is 7.57. The minimum absolute atomic E-state index is 0.00159. The second-order valence-corrected chi connectivity index (χ2v) is 5.85. The topological polar surface area (TPSA) is 89.7 Å². The lowest BCUT2D eigenvalue weighted by molar-refractivity contribution is 0.104. The maximum absolute atomic E-state index is 12.8. The van der Waals surface area contributed by atoms with Crippen molar-refractivity contribution in [3.63, 3.8) is 0 Å². The molecule has 1 N–H and O–H groups in total. The van der Waals surface area contributed by atoms with Crippen LogP contribution in [0.2, 0.25) is 5.02 Å². The Morgan fingerprint density at radius 3 is 2.85 bits per heavy atom. The van der Waals surface area contributed by atoms with Gasteiger partial charge < -0.3 is 9.72 Å². The van der Waals surface area contributed by atoms with Crippen molar-refractivity contribution >= 4 is 34.4 Å². The van der Waals surface area contributed by atoms with E-state index in [0.717, 1.165) is 5.52 Å². The maximum atomic E-state index is 12.8. The van der Waals surface area contributed by atoms with E-state index < -0.39 is 0 Å². The Balaban J connectivity index is 1.95. The van der Waals surface area contributed by atoms with E-state index in [1.54, 1.807) is 48.7 Å². The summed E-state index contributed by atoms with van der Waals surface area (Å²) in [7, 11) is 0. The molecule has 2 aromatic carbocycles. The van der Waals surface area contributed by atoms with E-state index in [4.69, 9.17) is 21.6 Å². The zero-order valence-corrected chi connectivity index (χ0v) is 14.2. The molecule has 3 rings (SSSR count). The fourth-order valence-corrected chi connectivity index (χ4v) is 2.73. The SMILES string of the molecule is N#CCOc1cccc(C=C(C#N)C(=O)c2c[nH]c3cc(Cl)ccc23)c1. The number of hydrogen-bond acceptors (Lipinski definition) is 4. The van der Waals surface area contributed by atoms with Crippen molar-refractivity contribution in [3.8, 4) is 17.9 Å². The lowest BCUT2D eigenvalue weighted by Crippen LogP contribution is -2.01. The van der Waals surface area contributed by atoms with Crippen LogP contribution in [0.25, 0.3) is 17.0 Å². The first-order chi connectivity index (χ1) is 12.6. The molecule has 0 fully saturated rings. The lowest BCUT2D eigenvalue weighted by atomic mass is 10.0. The fraction of sp³-hybridized carbons (Fsp3) is 0.0500. The number of hydrogen-bond donors (Lipinski definition) is 1. The van der Waals surface area contributed by atoms with E-state index in [1.807, 2.05) is 12.1 Å². The number of ketones is 1. The number of ether oxygens (including phenoxy) is 1. The average molecular weight is 362 g/mol. The minimum Gasteiger partial charge on any atom is -0.479 e. The molecule has 0 saturated carbocycles. The Labute approximate surface area is 154 Å². The Morgan fingerprint density at radius 2 is 2.08 bits per heavy atom. The molecule has 3 aromatic rings. The highest BCUT2D eigenvalue weighted by Crippen LogP contribution is 2.25. The highest BCUT2D eigenvalue weighted by Gasteiger charge is 2.17. The van der Waals surface area contributed by atoms with Crippen LogP contribution in [0.3, 0.4) is 0 Å². The first kappa shape index (κ1) is 17.3. The number of carbonyl (C=O) groups is 1. The second-order valence-electron chi connectivity index (χ2n) is 5.41. The van der Waals surface area contributed by atoms with E-state index in [-0.39, 0.29) is 18.0 Å². The van der Waals surface area contributed by atoms with Crippen molar-refractivity contribution in [2.24, 2.45) is 0 Å². The van der Waals surface area contributed by atoms with Crippen molar-refractivity contribution in [2.75, 3.05) is 6.61 Å². The first-order valence-corrected chi connectivity index (χ1v) is 8.03. The van der Waals surface area contributed by atoms with Gasteiger partial charge in [-0.1, -0.05) is 29.8 Å². The van der Waals surface area contributed by atoms with Gasteiger partial charge in [-0.25, -0.2) is 0 Å². The highest BCUT2D eigenvalue weighted by atomic mass is 35.5. The highest BCUT2D eigenvalue weighted by molar-refractivity contribution is 6.31. The van der Waals surface area contributed by atoms with E-state index in [1.165, 1.54) is 6.08 Å². The number of nitrogens with zero attached hydrogens (tertiary/aromatic N) is 2. The quantitative estimate of drug-likeness (QED) is 0.411. The van der Waals surface area contributed by atoms with Crippen LogP contribution in [0.5, 0.6) is 5.75 Å². The van der Waals surface area contributed by atoms with Crippen LogP contribution >= 0.6 is 11.6 Å². The number of rotatable bonds is 5. The summed E-state index contributed by atoms with van der Waals surface area (Å²) in [6, 6.07) is 15.8. The third-order valence-electron chi connectivity index (χ3n) is 3.73. The number of aromatic amines is 1. The van der Waals surface area contributed by atoms with Gasteiger partial charge in [0.1, 0.15) is 23.5 Å². The van der Waals surface area contributed by atoms with Gasteiger partial charge in [0.05, 0.1) is 0 Å². The van der Waals surface area contributed by atoms with Crippen LogP contribution in [0.15, 0.2) is 54.2 Å². The van der Waals surface area contributed by atoms with Gasteiger partial charge in [0.15, 0.2) is 6.61 Å². The number of H-pyrrole nitrogens is 1. The summed E-state index contributed by atoms with van der Waals surface area (Å²) in [6.45, 7) is -0.0743. The molecule has 0 amide bonds. The summed E-state index contributed by atoms with van der Waals surface area (Å²) < 4.78 is 5.24. The third-order valence-corrected chi connectivity index (χ3v) is 3.96. The molecule has 0 unspecified atom stereocenters. The molecule has 0 aliphatic carbocycles. The molecule has 0 aliphatic rings. The molecule has 0 bridgehead atoms. The van der Waals surface area contributed by atoms with Gasteiger partial charge in [0.25, 0.3) is 0 Å². The number of nitriles is 2. The summed E-state index contributed by atoms with van der Waals surface area (Å²) in [5.74, 6) is 0.108. The van der Waals surface area contributed by atoms with Crippen LogP contribution in [0, 0.1) is 22.7 Å². The van der Waals surface area contributed by atoms with Gasteiger partial charge in [-0.2, -0.15) is 10.5 Å². The van der Waals surface area contributed by atoms with E-state index >= 15 is 0 Å². The standard InChI is InChI=1S/C20H12ClN3O2/c21-15-4-5-17-18(12-24-19(17)10-15)20(25)14(11-23)8-13-2-1-3-16(9-13)26-7-6-22/h1-5,8-10,12,24H,7H2. The zero-order valence-electron chi connectivity index (χ0n) is 13.5. The van der Waals surface area contributed by atoms with Gasteiger partial charge in [0.2, 0.25) is 5.78 Å². The number of fused-ring (bicyclic) bond motifs is 1. The van der Waals surface area contributed by atoms with E-state index in [9.17, 15) is 10.1 Å². The van der Waals surface area contributed by atoms with Crippen LogP contribution in [0.4, 0.5) is 0 Å². The Bertz CT molecular complexity index is 1100. The van der Waals surface area contributed by atoms with Gasteiger partial charge in [-0.15, -0.1) is 0 Å². The van der Waals surface area contributed by atoms with E-state index in [0.29, 0.717) is 27.3 Å². The van der Waals surface area contributed by atoms with Gasteiger partial charge >= 0.3 is 0 Å². The molecule has 0 aliphatic heterocycles. The molecular formula is C20H12ClN3O2. The van der Waals surface area contributed by atoms with Crippen LogP contribution < -0.4 is 4.74 Å². The summed E-state index contributed by atoms with van der Waals surface area (Å²) in [6.07, 6.45) is 3.07. The first-order valence-electron chi connectivity index (χ1n) is 7.65. The molecule has 0 radical (unpaired) electrons. The van der Waals surface area contributed by atoms with Crippen molar-refractivity contribution in [3.05, 3.63) is 70.4 Å². The Morgan fingerprint density at radius 1 is 1.23 bits per heavy atom. The van der Waals surface area contributed by atoms with Crippen LogP contribution in [-0.2, 0) is 0 Å². The van der Waals surface area contributed by atoms with E-state index in [2.05, 4.69) is 4.98 Å². The molecular weight excluding hydrogens is 350 g/mol. The molecule has 0 atom stereocenters. The number of allylic oxidation sites excluding steroid dienone is 1. The number of aromatic nitrogens is 1. The molecule has 1 aromatic heterocycles. The average Bonchev–Trinajstić information content (AvgIpc) is 3.07. The fourth-order valence-electron chi connectivity index (χ4n) is 2.56. The normalized spacial score (nSPS) is 11.0. The molecule has 0 spiro atoms. The lowest BCUT2D eigenvalue weighted by Gasteiger charge is -2.03. The summed E-state index contributed by atoms with van der Waals surface area (Å²) in [4.78, 5) is 15.8.